The monoisotopic (exact) mass is 704 g/mol. The predicted octanol–water partition coefficient (Wildman–Crippen LogP) is 13.7. The lowest BCUT2D eigenvalue weighted by molar-refractivity contribution is 0.660. The van der Waals surface area contributed by atoms with Crippen LogP contribution in [0.4, 0.5) is 0 Å². The number of nitrogens with one attached hydrogen (secondary N) is 1. The molecule has 1 aliphatic rings. The van der Waals surface area contributed by atoms with Gasteiger partial charge in [-0.05, 0) is 84.1 Å². The zero-order chi connectivity index (χ0) is 37.4. The van der Waals surface area contributed by atoms with Crippen LogP contribution in [0, 0.1) is 5.41 Å². The molecule has 0 heterocycles. The van der Waals surface area contributed by atoms with Gasteiger partial charge in [0.2, 0.25) is 0 Å². The van der Waals surface area contributed by atoms with Gasteiger partial charge < -0.3 is 0 Å². The molecule has 9 rings (SSSR count). The van der Waals surface area contributed by atoms with E-state index in [1.165, 1.54) is 44.2 Å². The van der Waals surface area contributed by atoms with Gasteiger partial charge in [-0.15, -0.1) is 0 Å². The first-order valence-corrected chi connectivity index (χ1v) is 18.9. The van der Waals surface area contributed by atoms with Crippen LogP contribution in [0.15, 0.2) is 199 Å². The van der Waals surface area contributed by atoms with Gasteiger partial charge in [-0.2, -0.15) is 0 Å². The lowest BCUT2D eigenvalue weighted by Crippen LogP contribution is -2.14. The van der Waals surface area contributed by atoms with Crippen LogP contribution in [0.2, 0.25) is 0 Å². The predicted molar refractivity (Wildman–Crippen MR) is 233 cm³/mol. The first kappa shape index (κ1) is 33.9. The molecule has 0 aliphatic heterocycles. The van der Waals surface area contributed by atoms with E-state index in [4.69, 9.17) is 10.4 Å². The van der Waals surface area contributed by atoms with Crippen molar-refractivity contribution in [3.8, 4) is 44.5 Å². The minimum Gasteiger partial charge on any atom is -0.282 e. The molecule has 8 aromatic rings. The van der Waals surface area contributed by atoms with Crippen molar-refractivity contribution in [3.05, 3.63) is 222 Å². The van der Waals surface area contributed by atoms with Gasteiger partial charge in [-0.25, -0.2) is 4.99 Å². The van der Waals surface area contributed by atoms with E-state index >= 15 is 0 Å². The van der Waals surface area contributed by atoms with Crippen LogP contribution in [-0.4, -0.2) is 11.5 Å². The number of fused-ring (bicyclic) bond motifs is 4. The molecule has 0 amide bonds. The summed E-state index contributed by atoms with van der Waals surface area (Å²) in [6.45, 7) is 4.67. The maximum atomic E-state index is 9.12. The summed E-state index contributed by atoms with van der Waals surface area (Å²) in [5.41, 5.74) is 15.8. The molecule has 2 nitrogen and oxygen atoms in total. The van der Waals surface area contributed by atoms with Crippen molar-refractivity contribution in [2.75, 3.05) is 0 Å². The number of hydrogen-bond donors (Lipinski definition) is 1. The van der Waals surface area contributed by atoms with Crippen LogP contribution >= 0.6 is 0 Å². The van der Waals surface area contributed by atoms with Gasteiger partial charge in [0.25, 0.3) is 0 Å². The van der Waals surface area contributed by atoms with Crippen molar-refractivity contribution in [2.45, 2.75) is 19.3 Å². The van der Waals surface area contributed by atoms with Crippen molar-refractivity contribution in [1.29, 1.82) is 5.41 Å². The van der Waals surface area contributed by atoms with E-state index in [-0.39, 0.29) is 11.3 Å². The molecule has 0 bridgehead atoms. The molecule has 0 fully saturated rings. The highest BCUT2D eigenvalue weighted by molar-refractivity contribution is 6.20. The van der Waals surface area contributed by atoms with Crippen LogP contribution < -0.4 is 0 Å². The molecule has 0 saturated carbocycles. The quantitative estimate of drug-likeness (QED) is 0.127. The Hall–Kier alpha value is -6.90. The third-order valence-corrected chi connectivity index (χ3v) is 11.0. The van der Waals surface area contributed by atoms with E-state index in [2.05, 4.69) is 172 Å². The van der Waals surface area contributed by atoms with Gasteiger partial charge in [0.15, 0.2) is 5.84 Å². The zero-order valence-electron chi connectivity index (χ0n) is 31.0. The number of aliphatic imine (C=N–C) groups is 1. The van der Waals surface area contributed by atoms with Gasteiger partial charge in [0.05, 0.1) is 5.71 Å². The van der Waals surface area contributed by atoms with Crippen LogP contribution in [0.1, 0.15) is 41.7 Å². The smallest absolute Gasteiger partial charge is 0.152 e. The molecule has 1 aliphatic carbocycles. The Kier molecular flexibility index (Phi) is 8.72. The number of nitrogens with zero attached hydrogens (tertiary/aromatic N) is 1. The third-order valence-electron chi connectivity index (χ3n) is 11.0. The highest BCUT2D eigenvalue weighted by Gasteiger charge is 2.36. The molecule has 2 heteroatoms. The second kappa shape index (κ2) is 14.2. The summed E-state index contributed by atoms with van der Waals surface area (Å²) >= 11 is 0. The molecule has 8 aromatic carbocycles. The fraction of sp³-hybridized carbons (Fsp3) is 0.0566. The molecule has 0 aromatic heterocycles. The molecule has 0 saturated heterocycles. The Balaban J connectivity index is 1.20. The average Bonchev–Trinajstić information content (AvgIpc) is 3.49. The molecule has 1 N–H and O–H groups in total. The van der Waals surface area contributed by atoms with E-state index in [1.807, 2.05) is 42.5 Å². The molecule has 0 unspecified atom stereocenters. The van der Waals surface area contributed by atoms with Crippen LogP contribution in [0.3, 0.4) is 0 Å². The maximum Gasteiger partial charge on any atom is 0.152 e. The Bertz CT molecular complexity index is 2770. The van der Waals surface area contributed by atoms with E-state index < -0.39 is 0 Å². The Morgan fingerprint density at radius 1 is 0.491 bits per heavy atom. The summed E-state index contributed by atoms with van der Waals surface area (Å²) in [7, 11) is 0. The van der Waals surface area contributed by atoms with Crippen molar-refractivity contribution < 1.29 is 0 Å². The van der Waals surface area contributed by atoms with Gasteiger partial charge in [-0.3, -0.25) is 5.41 Å². The van der Waals surface area contributed by atoms with E-state index in [0.717, 1.165) is 44.7 Å². The lowest BCUT2D eigenvalue weighted by Gasteiger charge is -2.21. The molecule has 0 spiro atoms. The number of hydrogen-bond acceptors (Lipinski definition) is 1. The molecule has 0 atom stereocenters. The second-order valence-corrected chi connectivity index (χ2v) is 14.7. The first-order chi connectivity index (χ1) is 27.0. The van der Waals surface area contributed by atoms with Gasteiger partial charge in [0.1, 0.15) is 0 Å². The number of benzene rings is 8. The fourth-order valence-electron chi connectivity index (χ4n) is 8.25. The Morgan fingerprint density at radius 3 is 1.87 bits per heavy atom. The third kappa shape index (κ3) is 6.22. The normalized spacial score (nSPS) is 13.2. The van der Waals surface area contributed by atoms with Crippen molar-refractivity contribution in [3.63, 3.8) is 0 Å². The summed E-state index contributed by atoms with van der Waals surface area (Å²) in [5.74, 6) is 0.216. The van der Waals surface area contributed by atoms with Crippen LogP contribution in [0.25, 0.3) is 61.4 Å². The maximum absolute atomic E-state index is 9.12. The summed E-state index contributed by atoms with van der Waals surface area (Å²) in [5, 5.41) is 11.5. The summed E-state index contributed by atoms with van der Waals surface area (Å²) < 4.78 is 0. The van der Waals surface area contributed by atoms with Crippen LogP contribution in [-0.2, 0) is 5.41 Å². The second-order valence-electron chi connectivity index (χ2n) is 14.7. The van der Waals surface area contributed by atoms with E-state index in [9.17, 15) is 0 Å². The SMILES string of the molecule is CC1(C)c2ccccc2-c2c(-c3ccc(/C=C/C(=NC(=N)c4ccccc4)c4ccc(-c5ccccc5)cc4-c4ccccc4)c4ccccc34)cccc21. The minimum atomic E-state index is -0.0679. The number of rotatable bonds is 7. The Labute approximate surface area is 323 Å². The van der Waals surface area contributed by atoms with E-state index in [0.29, 0.717) is 0 Å². The van der Waals surface area contributed by atoms with E-state index in [1.54, 1.807) is 0 Å². The van der Waals surface area contributed by atoms with Crippen LogP contribution in [0.5, 0.6) is 0 Å². The summed E-state index contributed by atoms with van der Waals surface area (Å²) in [4.78, 5) is 5.05. The highest BCUT2D eigenvalue weighted by atomic mass is 14.8. The molecular formula is C53H40N2. The highest BCUT2D eigenvalue weighted by Crippen LogP contribution is 2.52. The van der Waals surface area contributed by atoms with Gasteiger partial charge >= 0.3 is 0 Å². The van der Waals surface area contributed by atoms with Gasteiger partial charge in [-0.1, -0.05) is 202 Å². The average molecular weight is 705 g/mol. The molecule has 55 heavy (non-hydrogen) atoms. The van der Waals surface area contributed by atoms with Crippen molar-refractivity contribution in [1.82, 2.24) is 0 Å². The molecular weight excluding hydrogens is 665 g/mol. The fourth-order valence-corrected chi connectivity index (χ4v) is 8.25. The largest absolute Gasteiger partial charge is 0.282 e. The molecule has 0 radical (unpaired) electrons. The zero-order valence-corrected chi connectivity index (χ0v) is 31.0. The molecule has 262 valence electrons. The summed E-state index contributed by atoms with van der Waals surface area (Å²) in [6.07, 6.45) is 4.25. The lowest BCUT2D eigenvalue weighted by atomic mass is 9.81. The van der Waals surface area contributed by atoms with Crippen molar-refractivity contribution in [2.24, 2.45) is 4.99 Å². The van der Waals surface area contributed by atoms with Gasteiger partial charge in [0, 0.05) is 16.5 Å². The first-order valence-electron chi connectivity index (χ1n) is 18.9. The topological polar surface area (TPSA) is 36.2 Å². The number of allylic oxidation sites excluding steroid dienone is 1. The minimum absolute atomic E-state index is 0.0679. The Morgan fingerprint density at radius 2 is 1.11 bits per heavy atom. The summed E-state index contributed by atoms with van der Waals surface area (Å²) in [6, 6.07) is 66.1. The van der Waals surface area contributed by atoms with Crippen molar-refractivity contribution >= 4 is 28.4 Å². The number of amidine groups is 1. The standard InChI is InChI=1S/C53H40N2/c1-53(2)48-27-15-14-25-46(48)51-45(26-16-28-49(51)53)43-32-29-38(41-23-12-13-24-42(41)43)31-34-50(55-52(54)39-21-10-5-11-22-39)44-33-30-40(36-17-6-3-7-18-36)35-47(44)37-19-8-4-9-20-37/h3-35,54H,1-2H3/b34-31+,54-52?,55-50?.